The third kappa shape index (κ3) is 2.83. The molecule has 0 amide bonds. The van der Waals surface area contributed by atoms with Gasteiger partial charge in [-0.15, -0.1) is 0 Å². The molecule has 3 heterocycles. The van der Waals surface area contributed by atoms with Gasteiger partial charge in [-0.1, -0.05) is 34.3 Å². The first-order valence-corrected chi connectivity index (χ1v) is 11.8. The van der Waals surface area contributed by atoms with Crippen molar-refractivity contribution >= 4 is 44.4 Å². The summed E-state index contributed by atoms with van der Waals surface area (Å²) >= 11 is 3.70. The third-order valence-corrected chi connectivity index (χ3v) is 8.01. The zero-order chi connectivity index (χ0) is 21.0. The Hall–Kier alpha value is -2.50. The van der Waals surface area contributed by atoms with Crippen LogP contribution in [0.5, 0.6) is 11.5 Å². The molecule has 0 N–H and O–H groups in total. The molecule has 0 spiro atoms. The van der Waals surface area contributed by atoms with Gasteiger partial charge in [0.05, 0.1) is 14.2 Å². The van der Waals surface area contributed by atoms with Crippen LogP contribution in [-0.2, 0) is 0 Å². The molecule has 1 aliphatic rings. The second kappa shape index (κ2) is 7.33. The van der Waals surface area contributed by atoms with Gasteiger partial charge in [-0.25, -0.2) is 0 Å². The molecule has 2 nitrogen and oxygen atoms in total. The summed E-state index contributed by atoms with van der Waals surface area (Å²) in [5.41, 5.74) is 10.5. The van der Waals surface area contributed by atoms with Crippen molar-refractivity contribution in [1.29, 1.82) is 0 Å². The van der Waals surface area contributed by atoms with Gasteiger partial charge in [-0.05, 0) is 87.6 Å². The van der Waals surface area contributed by atoms with E-state index < -0.39 is 0 Å². The van der Waals surface area contributed by atoms with Gasteiger partial charge in [0, 0.05) is 0 Å². The van der Waals surface area contributed by atoms with Crippen LogP contribution >= 0.6 is 22.7 Å². The van der Waals surface area contributed by atoms with Gasteiger partial charge in [0.25, 0.3) is 6.71 Å². The molecule has 150 valence electrons. The molecule has 0 fully saturated rings. The van der Waals surface area contributed by atoms with Crippen LogP contribution in [0.1, 0.15) is 16.7 Å². The van der Waals surface area contributed by atoms with Crippen molar-refractivity contribution in [2.24, 2.45) is 0 Å². The van der Waals surface area contributed by atoms with Crippen LogP contribution in [0.2, 0.25) is 0 Å². The van der Waals surface area contributed by atoms with E-state index in [4.69, 9.17) is 9.47 Å². The lowest BCUT2D eigenvalue weighted by Crippen LogP contribution is -2.52. The van der Waals surface area contributed by atoms with E-state index in [1.807, 2.05) is 22.7 Å². The molecular formula is C25H23BO2S2. The first kappa shape index (κ1) is 19.5. The number of benzene rings is 2. The average molecular weight is 430 g/mol. The molecule has 0 saturated heterocycles. The summed E-state index contributed by atoms with van der Waals surface area (Å²) in [5.74, 6) is 1.54. The zero-order valence-electron chi connectivity index (χ0n) is 17.8. The third-order valence-electron chi connectivity index (χ3n) is 6.05. The highest BCUT2D eigenvalue weighted by atomic mass is 32.1. The summed E-state index contributed by atoms with van der Waals surface area (Å²) in [6.45, 7) is 6.92. The van der Waals surface area contributed by atoms with Crippen molar-refractivity contribution in [3.05, 3.63) is 63.8 Å². The van der Waals surface area contributed by atoms with Gasteiger partial charge in [-0.2, -0.15) is 22.7 Å². The maximum absolute atomic E-state index is 5.65. The first-order valence-electron chi connectivity index (χ1n) is 10.0. The normalized spacial score (nSPS) is 12.1. The Morgan fingerprint density at radius 2 is 1.13 bits per heavy atom. The largest absolute Gasteiger partial charge is 0.493 e. The average Bonchev–Trinajstić information content (AvgIpc) is 3.37. The Labute approximate surface area is 186 Å². The Balaban J connectivity index is 1.87. The summed E-state index contributed by atoms with van der Waals surface area (Å²) in [4.78, 5) is 0. The van der Waals surface area contributed by atoms with Gasteiger partial charge < -0.3 is 9.47 Å². The minimum absolute atomic E-state index is 0.236. The number of aryl methyl sites for hydroxylation is 3. The SMILES string of the molecule is COc1cc2c(cc1OC)-c1ccsc1B(c1c(C)cc(C)cc1C)c1sccc1-2. The van der Waals surface area contributed by atoms with E-state index in [1.54, 1.807) is 14.2 Å². The molecule has 0 saturated carbocycles. The fourth-order valence-electron chi connectivity index (χ4n) is 4.89. The predicted molar refractivity (Wildman–Crippen MR) is 131 cm³/mol. The molecule has 0 unspecified atom stereocenters. The van der Waals surface area contributed by atoms with Crippen molar-refractivity contribution in [1.82, 2.24) is 0 Å². The van der Waals surface area contributed by atoms with E-state index in [0.717, 1.165) is 11.5 Å². The molecule has 30 heavy (non-hydrogen) atoms. The number of fused-ring (bicyclic) bond motifs is 5. The maximum atomic E-state index is 5.65. The van der Waals surface area contributed by atoms with Gasteiger partial charge in [0.2, 0.25) is 0 Å². The molecule has 2 aromatic heterocycles. The maximum Gasteiger partial charge on any atom is 0.268 e. The van der Waals surface area contributed by atoms with Crippen LogP contribution in [0, 0.1) is 20.8 Å². The van der Waals surface area contributed by atoms with Crippen molar-refractivity contribution in [3.8, 4) is 33.8 Å². The van der Waals surface area contributed by atoms with Crippen molar-refractivity contribution in [2.45, 2.75) is 20.8 Å². The number of rotatable bonds is 3. The molecule has 0 bridgehead atoms. The number of hydrogen-bond acceptors (Lipinski definition) is 4. The van der Waals surface area contributed by atoms with Crippen LogP contribution in [-0.4, -0.2) is 20.9 Å². The van der Waals surface area contributed by atoms with Crippen LogP contribution in [0.3, 0.4) is 0 Å². The smallest absolute Gasteiger partial charge is 0.268 e. The molecule has 5 heteroatoms. The molecule has 0 radical (unpaired) electrons. The minimum atomic E-state index is 0.236. The van der Waals surface area contributed by atoms with Crippen LogP contribution in [0.4, 0.5) is 0 Å². The molecule has 1 aliphatic heterocycles. The van der Waals surface area contributed by atoms with Gasteiger partial charge in [0.15, 0.2) is 11.5 Å². The second-order valence-corrected chi connectivity index (χ2v) is 9.79. The topological polar surface area (TPSA) is 18.5 Å². The number of thiophene rings is 2. The summed E-state index contributed by atoms with van der Waals surface area (Å²) in [6, 6.07) is 13.4. The van der Waals surface area contributed by atoms with Crippen LogP contribution in [0.25, 0.3) is 22.3 Å². The number of ether oxygens (including phenoxy) is 2. The Morgan fingerprint density at radius 3 is 1.57 bits per heavy atom. The van der Waals surface area contributed by atoms with Gasteiger partial charge in [0.1, 0.15) is 0 Å². The van der Waals surface area contributed by atoms with Crippen molar-refractivity contribution in [2.75, 3.05) is 14.2 Å². The molecule has 4 aromatic rings. The van der Waals surface area contributed by atoms with E-state index >= 15 is 0 Å². The van der Waals surface area contributed by atoms with Crippen molar-refractivity contribution < 1.29 is 9.47 Å². The van der Waals surface area contributed by atoms with E-state index in [9.17, 15) is 0 Å². The summed E-state index contributed by atoms with van der Waals surface area (Å²) < 4.78 is 14.1. The monoisotopic (exact) mass is 430 g/mol. The van der Waals surface area contributed by atoms with Gasteiger partial charge >= 0.3 is 0 Å². The quantitative estimate of drug-likeness (QED) is 0.379. The minimum Gasteiger partial charge on any atom is -0.493 e. The lowest BCUT2D eigenvalue weighted by Gasteiger charge is -2.19. The molecule has 2 aromatic carbocycles. The highest BCUT2D eigenvalue weighted by Gasteiger charge is 2.36. The predicted octanol–water partition coefficient (Wildman–Crippen LogP) is 4.92. The van der Waals surface area contributed by atoms with Crippen LogP contribution < -0.4 is 24.5 Å². The lowest BCUT2D eigenvalue weighted by molar-refractivity contribution is 0.355. The summed E-state index contributed by atoms with van der Waals surface area (Å²) in [7, 11) is 3.40. The highest BCUT2D eigenvalue weighted by Crippen LogP contribution is 2.42. The van der Waals surface area contributed by atoms with Gasteiger partial charge in [-0.3, -0.25) is 0 Å². The molecule has 0 atom stereocenters. The summed E-state index contributed by atoms with van der Waals surface area (Å²) in [5, 5.41) is 4.44. The van der Waals surface area contributed by atoms with E-state index in [-0.39, 0.29) is 6.71 Å². The Morgan fingerprint density at radius 1 is 0.667 bits per heavy atom. The Kier molecular flexibility index (Phi) is 4.76. The van der Waals surface area contributed by atoms with E-state index in [0.29, 0.717) is 0 Å². The Bertz CT molecular complexity index is 1180. The first-order chi connectivity index (χ1) is 14.5. The van der Waals surface area contributed by atoms with E-state index in [2.05, 4.69) is 67.9 Å². The highest BCUT2D eigenvalue weighted by molar-refractivity contribution is 7.34. The molecule has 5 rings (SSSR count). The molecule has 0 aliphatic carbocycles. The van der Waals surface area contributed by atoms with Crippen LogP contribution in [0.15, 0.2) is 47.2 Å². The van der Waals surface area contributed by atoms with E-state index in [1.165, 1.54) is 54.0 Å². The zero-order valence-corrected chi connectivity index (χ0v) is 19.5. The summed E-state index contributed by atoms with van der Waals surface area (Å²) in [6.07, 6.45) is 0. The number of hydrogen-bond donors (Lipinski definition) is 0. The second-order valence-electron chi connectivity index (χ2n) is 7.90. The molecular weight excluding hydrogens is 407 g/mol. The lowest BCUT2D eigenvalue weighted by atomic mass is 9.40. The van der Waals surface area contributed by atoms with Crippen molar-refractivity contribution in [3.63, 3.8) is 0 Å². The number of methoxy groups -OCH3 is 2. The fraction of sp³-hybridized carbons (Fsp3) is 0.200. The standard InChI is InChI=1S/C25H23BO2S2/c1-14-10-15(2)23(16(3)11-14)26-24-17(6-8-29-24)19-12-21(27-4)22(28-5)13-20(19)18-7-9-30-25(18)26/h6-13H,1-5H3. The fourth-order valence-corrected chi connectivity index (χ4v) is 7.02.